The van der Waals surface area contributed by atoms with Crippen molar-refractivity contribution in [2.45, 2.75) is 23.9 Å². The number of halogens is 1. The number of benzene rings is 2. The van der Waals surface area contributed by atoms with Crippen molar-refractivity contribution in [1.82, 2.24) is 10.2 Å². The molecule has 1 heterocycles. The summed E-state index contributed by atoms with van der Waals surface area (Å²) in [6.07, 6.45) is 0. The zero-order valence-electron chi connectivity index (χ0n) is 12.8. The fourth-order valence-electron chi connectivity index (χ4n) is 2.03. The lowest BCUT2D eigenvalue weighted by Crippen LogP contribution is -1.91. The number of hydrogen-bond donors (Lipinski definition) is 1. The van der Waals surface area contributed by atoms with Gasteiger partial charge < -0.3 is 5.32 Å². The van der Waals surface area contributed by atoms with Crippen LogP contribution in [0.4, 0.5) is 10.8 Å². The fourth-order valence-corrected chi connectivity index (χ4v) is 4.19. The standard InChI is InChI=1S/C17H16BrN3S2/c1-11-6-7-15(8-12(11)2)19-16-20-21-17(23-16)22-10-13-4-3-5-14(18)9-13/h3-9H,10H2,1-2H3,(H,19,20). The Bertz CT molecular complexity index is 817. The summed E-state index contributed by atoms with van der Waals surface area (Å²) in [5.41, 5.74) is 4.87. The van der Waals surface area contributed by atoms with Crippen LogP contribution in [0.2, 0.25) is 0 Å². The van der Waals surface area contributed by atoms with Crippen molar-refractivity contribution < 1.29 is 0 Å². The molecule has 0 bridgehead atoms. The van der Waals surface area contributed by atoms with E-state index in [1.165, 1.54) is 16.7 Å². The normalized spacial score (nSPS) is 10.7. The van der Waals surface area contributed by atoms with E-state index in [1.54, 1.807) is 23.1 Å². The molecule has 0 saturated heterocycles. The molecule has 0 aliphatic heterocycles. The summed E-state index contributed by atoms with van der Waals surface area (Å²) in [6.45, 7) is 4.22. The van der Waals surface area contributed by atoms with Crippen molar-refractivity contribution in [1.29, 1.82) is 0 Å². The molecule has 3 rings (SSSR count). The van der Waals surface area contributed by atoms with Crippen molar-refractivity contribution in [3.8, 4) is 0 Å². The molecular weight excluding hydrogens is 390 g/mol. The number of thioether (sulfide) groups is 1. The van der Waals surface area contributed by atoms with Gasteiger partial charge in [0, 0.05) is 15.9 Å². The molecule has 0 aliphatic carbocycles. The second kappa shape index (κ2) is 7.47. The van der Waals surface area contributed by atoms with E-state index in [-0.39, 0.29) is 0 Å². The average Bonchev–Trinajstić information content (AvgIpc) is 2.97. The van der Waals surface area contributed by atoms with Crippen LogP contribution in [0.25, 0.3) is 0 Å². The number of rotatable bonds is 5. The Morgan fingerprint density at radius 3 is 2.74 bits per heavy atom. The Labute approximate surface area is 152 Å². The number of aryl methyl sites for hydroxylation is 2. The quantitative estimate of drug-likeness (QED) is 0.531. The van der Waals surface area contributed by atoms with Gasteiger partial charge in [-0.25, -0.2) is 0 Å². The number of hydrogen-bond acceptors (Lipinski definition) is 5. The van der Waals surface area contributed by atoms with Crippen molar-refractivity contribution in [2.75, 3.05) is 5.32 Å². The van der Waals surface area contributed by atoms with Gasteiger partial charge in [0.2, 0.25) is 5.13 Å². The van der Waals surface area contributed by atoms with E-state index in [2.05, 4.69) is 75.6 Å². The molecular formula is C17H16BrN3S2. The monoisotopic (exact) mass is 405 g/mol. The smallest absolute Gasteiger partial charge is 0.210 e. The first-order valence-electron chi connectivity index (χ1n) is 7.15. The molecule has 0 fully saturated rings. The largest absolute Gasteiger partial charge is 0.330 e. The van der Waals surface area contributed by atoms with E-state index in [1.807, 2.05) is 12.1 Å². The van der Waals surface area contributed by atoms with Gasteiger partial charge in [-0.1, -0.05) is 57.2 Å². The highest BCUT2D eigenvalue weighted by Gasteiger charge is 2.06. The topological polar surface area (TPSA) is 37.8 Å². The first kappa shape index (κ1) is 16.5. The summed E-state index contributed by atoms with van der Waals surface area (Å²) < 4.78 is 2.07. The Hall–Kier alpha value is -1.37. The van der Waals surface area contributed by atoms with E-state index in [0.717, 1.165) is 25.4 Å². The summed E-state index contributed by atoms with van der Waals surface area (Å²) in [6, 6.07) is 14.6. The molecule has 2 aromatic carbocycles. The van der Waals surface area contributed by atoms with E-state index in [4.69, 9.17) is 0 Å². The zero-order chi connectivity index (χ0) is 16.2. The molecule has 6 heteroatoms. The lowest BCUT2D eigenvalue weighted by atomic mass is 10.1. The Balaban J connectivity index is 1.62. The highest BCUT2D eigenvalue weighted by Crippen LogP contribution is 2.30. The van der Waals surface area contributed by atoms with Gasteiger partial charge in [-0.15, -0.1) is 10.2 Å². The van der Waals surface area contributed by atoms with Crippen LogP contribution in [0.5, 0.6) is 0 Å². The second-order valence-electron chi connectivity index (χ2n) is 5.22. The maximum Gasteiger partial charge on any atom is 0.210 e. The summed E-state index contributed by atoms with van der Waals surface area (Å²) in [7, 11) is 0. The minimum Gasteiger partial charge on any atom is -0.330 e. The number of nitrogens with one attached hydrogen (secondary N) is 1. The van der Waals surface area contributed by atoms with E-state index in [9.17, 15) is 0 Å². The maximum absolute atomic E-state index is 4.25. The Morgan fingerprint density at radius 1 is 1.09 bits per heavy atom. The molecule has 1 aromatic heterocycles. The van der Waals surface area contributed by atoms with Gasteiger partial charge in [0.05, 0.1) is 0 Å². The molecule has 0 saturated carbocycles. The molecule has 0 atom stereocenters. The third-order valence-corrected chi connectivity index (χ3v) is 5.95. The molecule has 0 radical (unpaired) electrons. The highest BCUT2D eigenvalue weighted by atomic mass is 79.9. The van der Waals surface area contributed by atoms with Crippen LogP contribution in [0.3, 0.4) is 0 Å². The average molecular weight is 406 g/mol. The van der Waals surface area contributed by atoms with E-state index >= 15 is 0 Å². The molecule has 0 amide bonds. The van der Waals surface area contributed by atoms with Gasteiger partial charge in [0.1, 0.15) is 0 Å². The second-order valence-corrected chi connectivity index (χ2v) is 8.33. The van der Waals surface area contributed by atoms with Gasteiger partial charge in [-0.2, -0.15) is 0 Å². The molecule has 1 N–H and O–H groups in total. The summed E-state index contributed by atoms with van der Waals surface area (Å²) in [4.78, 5) is 0. The zero-order valence-corrected chi connectivity index (χ0v) is 16.1. The first-order chi connectivity index (χ1) is 11.1. The fraction of sp³-hybridized carbons (Fsp3) is 0.176. The summed E-state index contributed by atoms with van der Waals surface area (Å²) in [5.74, 6) is 0.887. The predicted molar refractivity (Wildman–Crippen MR) is 103 cm³/mol. The molecule has 118 valence electrons. The minimum absolute atomic E-state index is 0.824. The molecule has 0 aliphatic rings. The predicted octanol–water partition coefficient (Wildman–Crippen LogP) is 5.95. The minimum atomic E-state index is 0.824. The Morgan fingerprint density at radius 2 is 1.96 bits per heavy atom. The van der Waals surface area contributed by atoms with Crippen molar-refractivity contribution >= 4 is 49.8 Å². The van der Waals surface area contributed by atoms with Crippen molar-refractivity contribution in [2.24, 2.45) is 0 Å². The molecule has 23 heavy (non-hydrogen) atoms. The molecule has 0 spiro atoms. The Kier molecular flexibility index (Phi) is 5.35. The first-order valence-corrected chi connectivity index (χ1v) is 9.75. The molecule has 3 aromatic rings. The maximum atomic E-state index is 4.25. The van der Waals surface area contributed by atoms with E-state index in [0.29, 0.717) is 0 Å². The molecule has 0 unspecified atom stereocenters. The van der Waals surface area contributed by atoms with Crippen molar-refractivity contribution in [3.05, 3.63) is 63.6 Å². The van der Waals surface area contributed by atoms with Gasteiger partial charge in [0.25, 0.3) is 0 Å². The third-order valence-electron chi connectivity index (χ3n) is 3.42. The SMILES string of the molecule is Cc1ccc(Nc2nnc(SCc3cccc(Br)c3)s2)cc1C. The van der Waals surface area contributed by atoms with E-state index < -0.39 is 0 Å². The third kappa shape index (κ3) is 4.56. The van der Waals surface area contributed by atoms with Crippen molar-refractivity contribution in [3.63, 3.8) is 0 Å². The van der Waals surface area contributed by atoms with Gasteiger partial charge in [-0.05, 0) is 54.8 Å². The van der Waals surface area contributed by atoms with Crippen LogP contribution in [0, 0.1) is 13.8 Å². The lowest BCUT2D eigenvalue weighted by Gasteiger charge is -2.05. The highest BCUT2D eigenvalue weighted by molar-refractivity contribution is 9.10. The van der Waals surface area contributed by atoms with Gasteiger partial charge in [-0.3, -0.25) is 0 Å². The van der Waals surface area contributed by atoms with Crippen LogP contribution >= 0.6 is 39.0 Å². The van der Waals surface area contributed by atoms with Crippen LogP contribution in [0.1, 0.15) is 16.7 Å². The molecule has 3 nitrogen and oxygen atoms in total. The van der Waals surface area contributed by atoms with Crippen LogP contribution in [-0.4, -0.2) is 10.2 Å². The van der Waals surface area contributed by atoms with Crippen LogP contribution < -0.4 is 5.32 Å². The van der Waals surface area contributed by atoms with Crippen LogP contribution in [-0.2, 0) is 5.75 Å². The summed E-state index contributed by atoms with van der Waals surface area (Å²) >= 11 is 6.78. The number of nitrogens with zero attached hydrogens (tertiary/aromatic N) is 2. The van der Waals surface area contributed by atoms with Crippen LogP contribution in [0.15, 0.2) is 51.3 Å². The lowest BCUT2D eigenvalue weighted by molar-refractivity contribution is 1.01. The number of anilines is 2. The number of aromatic nitrogens is 2. The van der Waals surface area contributed by atoms with Gasteiger partial charge in [0.15, 0.2) is 4.34 Å². The van der Waals surface area contributed by atoms with Gasteiger partial charge >= 0.3 is 0 Å². The summed E-state index contributed by atoms with van der Waals surface area (Å²) in [5, 5.41) is 12.6.